The van der Waals surface area contributed by atoms with Crippen molar-refractivity contribution >= 4 is 29.4 Å². The van der Waals surface area contributed by atoms with Crippen LogP contribution in [-0.2, 0) is 4.79 Å². The van der Waals surface area contributed by atoms with Crippen molar-refractivity contribution in [1.29, 1.82) is 0 Å². The van der Waals surface area contributed by atoms with Crippen LogP contribution in [-0.4, -0.2) is 30.3 Å². The minimum Gasteiger partial charge on any atom is -0.353 e. The van der Waals surface area contributed by atoms with Gasteiger partial charge in [-0.05, 0) is 38.1 Å². The first-order valence-electron chi connectivity index (χ1n) is 8.14. The minimum absolute atomic E-state index is 0.201. The van der Waals surface area contributed by atoms with Crippen molar-refractivity contribution in [2.24, 2.45) is 0 Å². The zero-order valence-corrected chi connectivity index (χ0v) is 15.2. The highest BCUT2D eigenvalue weighted by molar-refractivity contribution is 7.99. The molecule has 0 saturated heterocycles. The van der Waals surface area contributed by atoms with E-state index in [0.29, 0.717) is 12.2 Å². The number of hydrogen-bond donors (Lipinski definition) is 3. The molecule has 0 unspecified atom stereocenters. The Morgan fingerprint density at radius 1 is 1.04 bits per heavy atom. The second-order valence-corrected chi connectivity index (χ2v) is 6.81. The van der Waals surface area contributed by atoms with Crippen LogP contribution in [0.4, 0.5) is 10.5 Å². The molecule has 2 aromatic carbocycles. The van der Waals surface area contributed by atoms with Crippen LogP contribution in [0.25, 0.3) is 0 Å². The maximum Gasteiger partial charge on any atom is 0.319 e. The van der Waals surface area contributed by atoms with E-state index >= 15 is 0 Å². The molecular weight excluding hydrogens is 334 g/mol. The van der Waals surface area contributed by atoms with E-state index < -0.39 is 12.1 Å². The SMILES string of the molecule is Cc1ccc(SCCNC(=O)[C@H](C)NC(=O)Nc2ccccc2)cc1. The van der Waals surface area contributed by atoms with Gasteiger partial charge < -0.3 is 16.0 Å². The lowest BCUT2D eigenvalue weighted by Gasteiger charge is -2.14. The summed E-state index contributed by atoms with van der Waals surface area (Å²) in [5.74, 6) is 0.574. The van der Waals surface area contributed by atoms with Crippen LogP contribution in [0.3, 0.4) is 0 Å². The van der Waals surface area contributed by atoms with Gasteiger partial charge in [-0.25, -0.2) is 4.79 Å². The normalized spacial score (nSPS) is 11.4. The van der Waals surface area contributed by atoms with E-state index in [0.717, 1.165) is 5.75 Å². The van der Waals surface area contributed by atoms with Gasteiger partial charge in [0.05, 0.1) is 0 Å². The van der Waals surface area contributed by atoms with Gasteiger partial charge in [0, 0.05) is 22.9 Å². The summed E-state index contributed by atoms with van der Waals surface area (Å²) in [5.41, 5.74) is 1.91. The zero-order valence-electron chi connectivity index (χ0n) is 14.4. The molecule has 0 spiro atoms. The van der Waals surface area contributed by atoms with Crippen LogP contribution in [0, 0.1) is 6.92 Å². The van der Waals surface area contributed by atoms with Crippen LogP contribution in [0.1, 0.15) is 12.5 Å². The molecule has 0 radical (unpaired) electrons. The van der Waals surface area contributed by atoms with Crippen molar-refractivity contribution in [3.05, 3.63) is 60.2 Å². The number of urea groups is 1. The molecule has 132 valence electrons. The highest BCUT2D eigenvalue weighted by Crippen LogP contribution is 2.17. The third-order valence-corrected chi connectivity index (χ3v) is 4.48. The van der Waals surface area contributed by atoms with Gasteiger partial charge in [-0.1, -0.05) is 35.9 Å². The second-order valence-electron chi connectivity index (χ2n) is 5.64. The molecule has 0 saturated carbocycles. The number of amides is 3. The van der Waals surface area contributed by atoms with E-state index in [1.165, 1.54) is 10.5 Å². The quantitative estimate of drug-likeness (QED) is 0.525. The van der Waals surface area contributed by atoms with Gasteiger partial charge >= 0.3 is 6.03 Å². The number of aryl methyl sites for hydroxylation is 1. The number of hydrogen-bond acceptors (Lipinski definition) is 3. The number of nitrogens with one attached hydrogen (secondary N) is 3. The molecule has 0 aliphatic rings. The lowest BCUT2D eigenvalue weighted by atomic mass is 10.2. The Morgan fingerprint density at radius 2 is 1.72 bits per heavy atom. The van der Waals surface area contributed by atoms with Gasteiger partial charge in [0.25, 0.3) is 0 Å². The third-order valence-electron chi connectivity index (χ3n) is 3.46. The summed E-state index contributed by atoms with van der Waals surface area (Å²) < 4.78 is 0. The van der Waals surface area contributed by atoms with Crippen LogP contribution in [0.2, 0.25) is 0 Å². The van der Waals surface area contributed by atoms with Crippen molar-refractivity contribution in [3.8, 4) is 0 Å². The van der Waals surface area contributed by atoms with E-state index in [4.69, 9.17) is 0 Å². The van der Waals surface area contributed by atoms with Crippen molar-refractivity contribution in [3.63, 3.8) is 0 Å². The molecule has 0 aliphatic carbocycles. The molecule has 0 aromatic heterocycles. The average Bonchev–Trinajstić information content (AvgIpc) is 2.60. The maximum atomic E-state index is 12.0. The molecule has 25 heavy (non-hydrogen) atoms. The highest BCUT2D eigenvalue weighted by Gasteiger charge is 2.14. The van der Waals surface area contributed by atoms with Crippen LogP contribution in [0.15, 0.2) is 59.5 Å². The number of benzene rings is 2. The van der Waals surface area contributed by atoms with Crippen molar-refractivity contribution in [2.45, 2.75) is 24.8 Å². The summed E-state index contributed by atoms with van der Waals surface area (Å²) in [6, 6.07) is 16.4. The lowest BCUT2D eigenvalue weighted by Crippen LogP contribution is -2.46. The van der Waals surface area contributed by atoms with E-state index in [1.54, 1.807) is 30.8 Å². The monoisotopic (exact) mass is 357 g/mol. The van der Waals surface area contributed by atoms with Crippen molar-refractivity contribution < 1.29 is 9.59 Å². The summed E-state index contributed by atoms with van der Waals surface area (Å²) >= 11 is 1.68. The first kappa shape index (κ1) is 18.9. The number of carbonyl (C=O) groups is 2. The van der Waals surface area contributed by atoms with Gasteiger partial charge in [-0.3, -0.25) is 4.79 Å². The van der Waals surface area contributed by atoms with Gasteiger partial charge in [0.1, 0.15) is 6.04 Å². The molecule has 0 aliphatic heterocycles. The predicted octanol–water partition coefficient (Wildman–Crippen LogP) is 3.41. The molecule has 5 nitrogen and oxygen atoms in total. The maximum absolute atomic E-state index is 12.0. The molecule has 2 aromatic rings. The fourth-order valence-corrected chi connectivity index (χ4v) is 2.85. The van der Waals surface area contributed by atoms with E-state index in [1.807, 2.05) is 18.2 Å². The van der Waals surface area contributed by atoms with Crippen LogP contribution < -0.4 is 16.0 Å². The topological polar surface area (TPSA) is 70.2 Å². The third kappa shape index (κ3) is 6.89. The molecular formula is C19H23N3O2S. The fraction of sp³-hybridized carbons (Fsp3) is 0.263. The Kier molecular flexibility index (Phi) is 7.35. The van der Waals surface area contributed by atoms with Gasteiger partial charge in [0.15, 0.2) is 0 Å². The second kappa shape index (κ2) is 9.74. The number of thioether (sulfide) groups is 1. The summed E-state index contributed by atoms with van der Waals surface area (Å²) in [6.45, 7) is 4.26. The molecule has 0 heterocycles. The van der Waals surface area contributed by atoms with Crippen molar-refractivity contribution in [1.82, 2.24) is 10.6 Å². The summed E-state index contributed by atoms with van der Waals surface area (Å²) in [4.78, 5) is 25.1. The van der Waals surface area contributed by atoms with Crippen LogP contribution >= 0.6 is 11.8 Å². The number of anilines is 1. The summed E-state index contributed by atoms with van der Waals surface area (Å²) in [6.07, 6.45) is 0. The lowest BCUT2D eigenvalue weighted by molar-refractivity contribution is -0.122. The molecule has 0 bridgehead atoms. The molecule has 1 atom stereocenters. The standard InChI is InChI=1S/C19H23N3O2S/c1-14-8-10-17(11-9-14)25-13-12-20-18(23)15(2)21-19(24)22-16-6-4-3-5-7-16/h3-11,15H,12-13H2,1-2H3,(H,20,23)(H2,21,22,24)/t15-/m0/s1. The van der Waals surface area contributed by atoms with E-state index in [2.05, 4.69) is 47.1 Å². The van der Waals surface area contributed by atoms with Gasteiger partial charge in [-0.15, -0.1) is 11.8 Å². The Balaban J connectivity index is 1.65. The summed E-state index contributed by atoms with van der Waals surface area (Å²) in [5, 5.41) is 8.14. The molecule has 0 fully saturated rings. The molecule has 2 rings (SSSR count). The van der Waals surface area contributed by atoms with Crippen LogP contribution in [0.5, 0.6) is 0 Å². The highest BCUT2D eigenvalue weighted by atomic mass is 32.2. The first-order valence-corrected chi connectivity index (χ1v) is 9.13. The average molecular weight is 357 g/mol. The Morgan fingerprint density at radius 3 is 2.40 bits per heavy atom. The van der Waals surface area contributed by atoms with Gasteiger partial charge in [0.2, 0.25) is 5.91 Å². The van der Waals surface area contributed by atoms with E-state index in [-0.39, 0.29) is 5.91 Å². The predicted molar refractivity (Wildman–Crippen MR) is 103 cm³/mol. The molecule has 3 N–H and O–H groups in total. The largest absolute Gasteiger partial charge is 0.353 e. The Bertz CT molecular complexity index is 690. The Labute approximate surface area is 152 Å². The number of carbonyl (C=O) groups excluding carboxylic acids is 2. The summed E-state index contributed by atoms with van der Waals surface area (Å²) in [7, 11) is 0. The first-order chi connectivity index (χ1) is 12.0. The van der Waals surface area contributed by atoms with Crippen molar-refractivity contribution in [2.75, 3.05) is 17.6 Å². The molecule has 3 amide bonds. The Hall–Kier alpha value is -2.47. The minimum atomic E-state index is -0.604. The number of rotatable bonds is 7. The fourth-order valence-electron chi connectivity index (χ4n) is 2.08. The molecule has 6 heteroatoms. The van der Waals surface area contributed by atoms with E-state index in [9.17, 15) is 9.59 Å². The smallest absolute Gasteiger partial charge is 0.319 e. The number of para-hydroxylation sites is 1. The zero-order chi connectivity index (χ0) is 18.1. The van der Waals surface area contributed by atoms with Gasteiger partial charge in [-0.2, -0.15) is 0 Å².